The zero-order valence-corrected chi connectivity index (χ0v) is 10.3. The highest BCUT2D eigenvalue weighted by Crippen LogP contribution is 2.18. The zero-order valence-electron chi connectivity index (χ0n) is 10.3. The molecule has 0 unspecified atom stereocenters. The molecule has 0 spiro atoms. The normalized spacial score (nSPS) is 13.9. The molecule has 0 saturated heterocycles. The lowest BCUT2D eigenvalue weighted by atomic mass is 10.0. The van der Waals surface area contributed by atoms with Gasteiger partial charge in [0.05, 0.1) is 0 Å². The van der Waals surface area contributed by atoms with Crippen molar-refractivity contribution in [2.45, 2.75) is 58.8 Å². The van der Waals surface area contributed by atoms with Gasteiger partial charge in [0.25, 0.3) is 0 Å². The Kier molecular flexibility index (Phi) is 6.15. The molecule has 0 aromatic heterocycles. The number of hydrogen-bond acceptors (Lipinski definition) is 0. The van der Waals surface area contributed by atoms with Crippen molar-refractivity contribution in [2.24, 2.45) is 0 Å². The minimum absolute atomic E-state index is 1.27. The first-order valence-electron chi connectivity index (χ1n) is 6.39. The second kappa shape index (κ2) is 7.50. The molecule has 84 valence electrons. The summed E-state index contributed by atoms with van der Waals surface area (Å²) >= 11 is 0. The smallest absolute Gasteiger partial charge is 0.0267 e. The lowest BCUT2D eigenvalue weighted by molar-refractivity contribution is 0.606. The Morgan fingerprint density at radius 3 is 2.20 bits per heavy atom. The Morgan fingerprint density at radius 2 is 1.53 bits per heavy atom. The Bertz CT molecular complexity index is 239. The Balaban J connectivity index is 2.07. The van der Waals surface area contributed by atoms with E-state index in [0.717, 1.165) is 0 Å². The molecule has 0 fully saturated rings. The van der Waals surface area contributed by atoms with E-state index in [4.69, 9.17) is 0 Å². The lowest BCUT2D eigenvalue weighted by Gasteiger charge is -2.04. The van der Waals surface area contributed by atoms with Gasteiger partial charge in [-0.3, -0.25) is 0 Å². The molecular weight excluding hydrogens is 180 g/mol. The summed E-state index contributed by atoms with van der Waals surface area (Å²) in [6.07, 6.45) is 18.3. The molecule has 1 aliphatic carbocycles. The predicted molar refractivity (Wildman–Crippen MR) is 69.0 cm³/mol. The molecular formula is C15H24. The SMILES string of the molecule is CCCCCCCCC(C)=C1C=CC=C1. The summed E-state index contributed by atoms with van der Waals surface area (Å²) in [4.78, 5) is 0. The number of unbranched alkanes of at least 4 members (excludes halogenated alkanes) is 5. The van der Waals surface area contributed by atoms with Gasteiger partial charge in [0, 0.05) is 0 Å². The standard InChI is InChI=1S/C15H24/c1-3-4-5-6-7-8-11-14(2)15-12-9-10-13-15/h9-10,12-13H,3-8,11H2,1-2H3. The summed E-state index contributed by atoms with van der Waals surface area (Å²) in [7, 11) is 0. The summed E-state index contributed by atoms with van der Waals surface area (Å²) < 4.78 is 0. The van der Waals surface area contributed by atoms with Gasteiger partial charge in [0.1, 0.15) is 0 Å². The third kappa shape index (κ3) is 5.01. The van der Waals surface area contributed by atoms with E-state index in [1.54, 1.807) is 5.57 Å². The van der Waals surface area contributed by atoms with Crippen LogP contribution in [0.15, 0.2) is 35.5 Å². The second-order valence-electron chi connectivity index (χ2n) is 4.47. The molecule has 0 aromatic carbocycles. The van der Waals surface area contributed by atoms with Crippen LogP contribution < -0.4 is 0 Å². The first-order valence-corrected chi connectivity index (χ1v) is 6.39. The Morgan fingerprint density at radius 1 is 0.933 bits per heavy atom. The van der Waals surface area contributed by atoms with E-state index in [-0.39, 0.29) is 0 Å². The van der Waals surface area contributed by atoms with Crippen molar-refractivity contribution in [3.63, 3.8) is 0 Å². The largest absolute Gasteiger partial charge is 0.0661 e. The fraction of sp³-hybridized carbons (Fsp3) is 0.600. The van der Waals surface area contributed by atoms with Gasteiger partial charge >= 0.3 is 0 Å². The van der Waals surface area contributed by atoms with Crippen molar-refractivity contribution in [3.8, 4) is 0 Å². The number of rotatable bonds is 7. The van der Waals surface area contributed by atoms with Gasteiger partial charge in [-0.2, -0.15) is 0 Å². The number of hydrogen-bond donors (Lipinski definition) is 0. The van der Waals surface area contributed by atoms with Crippen LogP contribution in [0.5, 0.6) is 0 Å². The lowest BCUT2D eigenvalue weighted by Crippen LogP contribution is -1.84. The molecule has 0 bridgehead atoms. The predicted octanol–water partition coefficient (Wildman–Crippen LogP) is 5.18. The quantitative estimate of drug-likeness (QED) is 0.501. The Labute approximate surface area is 94.8 Å². The highest BCUT2D eigenvalue weighted by atomic mass is 14.0. The molecule has 0 heteroatoms. The van der Waals surface area contributed by atoms with E-state index in [0.29, 0.717) is 0 Å². The highest BCUT2D eigenvalue weighted by Gasteiger charge is 1.98. The fourth-order valence-electron chi connectivity index (χ4n) is 1.97. The Hall–Kier alpha value is -0.780. The van der Waals surface area contributed by atoms with Crippen LogP contribution in [0.4, 0.5) is 0 Å². The van der Waals surface area contributed by atoms with Crippen molar-refractivity contribution in [2.75, 3.05) is 0 Å². The minimum atomic E-state index is 1.27. The van der Waals surface area contributed by atoms with Crippen LogP contribution in [0.25, 0.3) is 0 Å². The van der Waals surface area contributed by atoms with Crippen molar-refractivity contribution < 1.29 is 0 Å². The van der Waals surface area contributed by atoms with E-state index >= 15 is 0 Å². The summed E-state index contributed by atoms with van der Waals surface area (Å²) in [6.45, 7) is 4.54. The summed E-state index contributed by atoms with van der Waals surface area (Å²) in [6, 6.07) is 0. The van der Waals surface area contributed by atoms with Gasteiger partial charge in [0.2, 0.25) is 0 Å². The van der Waals surface area contributed by atoms with E-state index in [1.165, 1.54) is 50.5 Å². The van der Waals surface area contributed by atoms with E-state index < -0.39 is 0 Å². The van der Waals surface area contributed by atoms with E-state index in [1.807, 2.05) is 0 Å². The van der Waals surface area contributed by atoms with Gasteiger partial charge in [-0.05, 0) is 25.3 Å². The molecule has 0 aliphatic heterocycles. The van der Waals surface area contributed by atoms with Crippen LogP contribution in [-0.4, -0.2) is 0 Å². The van der Waals surface area contributed by atoms with Gasteiger partial charge in [0.15, 0.2) is 0 Å². The molecule has 0 radical (unpaired) electrons. The van der Waals surface area contributed by atoms with Gasteiger partial charge < -0.3 is 0 Å². The number of allylic oxidation sites excluding steroid dienone is 6. The van der Waals surface area contributed by atoms with E-state index in [9.17, 15) is 0 Å². The monoisotopic (exact) mass is 204 g/mol. The summed E-state index contributed by atoms with van der Waals surface area (Å²) in [5, 5.41) is 0. The summed E-state index contributed by atoms with van der Waals surface area (Å²) in [5.74, 6) is 0. The summed E-state index contributed by atoms with van der Waals surface area (Å²) in [5.41, 5.74) is 2.99. The molecule has 0 N–H and O–H groups in total. The van der Waals surface area contributed by atoms with Crippen LogP contribution in [-0.2, 0) is 0 Å². The van der Waals surface area contributed by atoms with Crippen molar-refractivity contribution in [1.82, 2.24) is 0 Å². The average Bonchev–Trinajstić information content (AvgIpc) is 2.76. The average molecular weight is 204 g/mol. The molecule has 0 heterocycles. The van der Waals surface area contributed by atoms with Crippen LogP contribution in [0.2, 0.25) is 0 Å². The maximum atomic E-state index is 2.27. The van der Waals surface area contributed by atoms with Crippen LogP contribution in [0.1, 0.15) is 58.8 Å². The van der Waals surface area contributed by atoms with Crippen LogP contribution in [0, 0.1) is 0 Å². The molecule has 0 nitrogen and oxygen atoms in total. The maximum absolute atomic E-state index is 2.27. The van der Waals surface area contributed by atoms with E-state index in [2.05, 4.69) is 38.2 Å². The molecule has 1 aliphatic rings. The first kappa shape index (κ1) is 12.3. The van der Waals surface area contributed by atoms with Gasteiger partial charge in [-0.1, -0.05) is 68.9 Å². The molecule has 1 rings (SSSR count). The third-order valence-corrected chi connectivity index (χ3v) is 3.06. The second-order valence-corrected chi connectivity index (χ2v) is 4.47. The first-order chi connectivity index (χ1) is 7.34. The molecule has 0 atom stereocenters. The fourth-order valence-corrected chi connectivity index (χ4v) is 1.97. The third-order valence-electron chi connectivity index (χ3n) is 3.06. The van der Waals surface area contributed by atoms with Crippen molar-refractivity contribution in [3.05, 3.63) is 35.5 Å². The highest BCUT2D eigenvalue weighted by molar-refractivity contribution is 5.42. The zero-order chi connectivity index (χ0) is 10.9. The molecule has 0 amide bonds. The van der Waals surface area contributed by atoms with Crippen LogP contribution >= 0.6 is 0 Å². The molecule has 15 heavy (non-hydrogen) atoms. The van der Waals surface area contributed by atoms with Gasteiger partial charge in [-0.15, -0.1) is 0 Å². The topological polar surface area (TPSA) is 0 Å². The van der Waals surface area contributed by atoms with Gasteiger partial charge in [-0.25, -0.2) is 0 Å². The van der Waals surface area contributed by atoms with Crippen LogP contribution in [0.3, 0.4) is 0 Å². The minimum Gasteiger partial charge on any atom is -0.0661 e. The molecule has 0 aromatic rings. The molecule has 0 saturated carbocycles. The van der Waals surface area contributed by atoms with Crippen molar-refractivity contribution >= 4 is 0 Å². The van der Waals surface area contributed by atoms with Crippen molar-refractivity contribution in [1.29, 1.82) is 0 Å². The maximum Gasteiger partial charge on any atom is -0.0267 e.